The van der Waals surface area contributed by atoms with Crippen LogP contribution in [0.25, 0.3) is 10.9 Å². The summed E-state index contributed by atoms with van der Waals surface area (Å²) in [6.07, 6.45) is 0.824. The summed E-state index contributed by atoms with van der Waals surface area (Å²) in [6.45, 7) is 4.21. The molecule has 1 aromatic carbocycles. The number of aromatic amines is 1. The van der Waals surface area contributed by atoms with Crippen LogP contribution in [0, 0.1) is 5.92 Å². The van der Waals surface area contributed by atoms with Gasteiger partial charge in [-0.2, -0.15) is 0 Å². The van der Waals surface area contributed by atoms with Crippen molar-refractivity contribution in [1.82, 2.24) is 4.98 Å². The maximum atomic E-state index is 11.9. The summed E-state index contributed by atoms with van der Waals surface area (Å²) in [7, 11) is 0. The first-order valence-electron chi connectivity index (χ1n) is 5.48. The number of rotatable bonds is 2. The number of aromatic nitrogens is 1. The lowest BCUT2D eigenvalue weighted by Gasteiger charge is -2.08. The van der Waals surface area contributed by atoms with E-state index in [1.165, 1.54) is 0 Å². The summed E-state index contributed by atoms with van der Waals surface area (Å²) in [4.78, 5) is 15.2. The maximum absolute atomic E-state index is 11.9. The Morgan fingerprint density at radius 1 is 1.24 bits per heavy atom. The molecule has 0 aliphatic carbocycles. The predicted octanol–water partition coefficient (Wildman–Crippen LogP) is 4.03. The lowest BCUT2D eigenvalue weighted by molar-refractivity contribution is 0.636. The fourth-order valence-corrected chi connectivity index (χ4v) is 2.42. The number of fused-ring (bicyclic) bond motifs is 1. The average Bonchev–Trinajstić information content (AvgIpc) is 2.19. The Morgan fingerprint density at radius 3 is 2.59 bits per heavy atom. The van der Waals surface area contributed by atoms with Crippen LogP contribution in [-0.2, 0) is 6.42 Å². The SMILES string of the molecule is CC(C)Cc1cc(=O)c2cc(Cl)cc(Cl)c2[nH]1. The van der Waals surface area contributed by atoms with Gasteiger partial charge in [-0.05, 0) is 24.5 Å². The van der Waals surface area contributed by atoms with Crippen LogP contribution in [0.4, 0.5) is 0 Å². The Balaban J connectivity index is 2.69. The molecule has 17 heavy (non-hydrogen) atoms. The van der Waals surface area contributed by atoms with Gasteiger partial charge in [0.1, 0.15) is 0 Å². The third kappa shape index (κ3) is 2.64. The van der Waals surface area contributed by atoms with Gasteiger partial charge in [0, 0.05) is 22.2 Å². The summed E-state index contributed by atoms with van der Waals surface area (Å²) >= 11 is 12.0. The first-order valence-corrected chi connectivity index (χ1v) is 6.24. The van der Waals surface area contributed by atoms with Crippen molar-refractivity contribution in [2.24, 2.45) is 5.92 Å². The molecule has 2 aromatic rings. The van der Waals surface area contributed by atoms with Crippen LogP contribution in [0.1, 0.15) is 19.5 Å². The van der Waals surface area contributed by atoms with E-state index in [-0.39, 0.29) is 5.43 Å². The van der Waals surface area contributed by atoms with Gasteiger partial charge < -0.3 is 4.98 Å². The Morgan fingerprint density at radius 2 is 1.94 bits per heavy atom. The lowest BCUT2D eigenvalue weighted by atomic mass is 10.1. The Hall–Kier alpha value is -0.990. The highest BCUT2D eigenvalue weighted by Crippen LogP contribution is 2.24. The van der Waals surface area contributed by atoms with Gasteiger partial charge in [0.05, 0.1) is 10.5 Å². The Kier molecular flexibility index (Phi) is 3.45. The molecule has 1 N–H and O–H groups in total. The van der Waals surface area contributed by atoms with Gasteiger partial charge in [0.2, 0.25) is 0 Å². The molecule has 2 rings (SSSR count). The fourth-order valence-electron chi connectivity index (χ4n) is 1.88. The van der Waals surface area contributed by atoms with E-state index in [1.54, 1.807) is 18.2 Å². The molecule has 1 heterocycles. The van der Waals surface area contributed by atoms with Crippen LogP contribution in [0.2, 0.25) is 10.0 Å². The van der Waals surface area contributed by atoms with Crippen molar-refractivity contribution in [1.29, 1.82) is 0 Å². The molecule has 0 unspecified atom stereocenters. The van der Waals surface area contributed by atoms with E-state index < -0.39 is 0 Å². The molecule has 2 nitrogen and oxygen atoms in total. The number of halogens is 2. The number of H-pyrrole nitrogens is 1. The highest BCUT2D eigenvalue weighted by molar-refractivity contribution is 6.38. The minimum atomic E-state index is -0.0428. The molecular weight excluding hydrogens is 257 g/mol. The second kappa shape index (κ2) is 4.71. The van der Waals surface area contributed by atoms with E-state index in [4.69, 9.17) is 23.2 Å². The molecule has 90 valence electrons. The average molecular weight is 270 g/mol. The number of nitrogens with one attached hydrogen (secondary N) is 1. The third-order valence-electron chi connectivity index (χ3n) is 2.54. The summed E-state index contributed by atoms with van der Waals surface area (Å²) in [5.74, 6) is 0.481. The summed E-state index contributed by atoms with van der Waals surface area (Å²) in [6, 6.07) is 4.90. The molecule has 0 spiro atoms. The highest BCUT2D eigenvalue weighted by Gasteiger charge is 2.08. The minimum absolute atomic E-state index is 0.0428. The predicted molar refractivity (Wildman–Crippen MR) is 73.1 cm³/mol. The van der Waals surface area contributed by atoms with E-state index in [1.807, 2.05) is 0 Å². The molecule has 4 heteroatoms. The molecule has 0 bridgehead atoms. The van der Waals surface area contributed by atoms with Crippen molar-refractivity contribution in [2.45, 2.75) is 20.3 Å². The van der Waals surface area contributed by atoms with Gasteiger partial charge in [-0.25, -0.2) is 0 Å². The van der Waals surface area contributed by atoms with Crippen LogP contribution < -0.4 is 5.43 Å². The van der Waals surface area contributed by atoms with Gasteiger partial charge in [0.15, 0.2) is 5.43 Å². The van der Waals surface area contributed by atoms with Crippen molar-refractivity contribution >= 4 is 34.1 Å². The normalized spacial score (nSPS) is 11.4. The minimum Gasteiger partial charge on any atom is -0.357 e. The van der Waals surface area contributed by atoms with E-state index in [2.05, 4.69) is 18.8 Å². The monoisotopic (exact) mass is 269 g/mol. The largest absolute Gasteiger partial charge is 0.357 e. The Labute approximate surface area is 110 Å². The zero-order chi connectivity index (χ0) is 12.6. The maximum Gasteiger partial charge on any atom is 0.189 e. The second-order valence-electron chi connectivity index (χ2n) is 4.57. The molecular formula is C13H13Cl2NO. The molecule has 0 amide bonds. The fraction of sp³-hybridized carbons (Fsp3) is 0.308. The zero-order valence-electron chi connectivity index (χ0n) is 9.68. The summed E-state index contributed by atoms with van der Waals surface area (Å²) in [5.41, 5.74) is 1.53. The molecule has 0 saturated heterocycles. The number of benzene rings is 1. The van der Waals surface area contributed by atoms with Crippen LogP contribution in [0.15, 0.2) is 23.0 Å². The van der Waals surface area contributed by atoms with Crippen molar-refractivity contribution in [2.75, 3.05) is 0 Å². The van der Waals surface area contributed by atoms with E-state index in [9.17, 15) is 4.79 Å². The number of hydrogen-bond donors (Lipinski definition) is 1. The second-order valence-corrected chi connectivity index (χ2v) is 5.41. The standard InChI is InChI=1S/C13H13Cl2NO/c1-7(2)3-9-6-12(17)10-4-8(14)5-11(15)13(10)16-9/h4-7H,3H2,1-2H3,(H,16,17). The van der Waals surface area contributed by atoms with E-state index in [0.29, 0.717) is 26.9 Å². The van der Waals surface area contributed by atoms with Crippen molar-refractivity contribution < 1.29 is 0 Å². The van der Waals surface area contributed by atoms with Crippen LogP contribution in [-0.4, -0.2) is 4.98 Å². The third-order valence-corrected chi connectivity index (χ3v) is 3.06. The van der Waals surface area contributed by atoms with E-state index >= 15 is 0 Å². The lowest BCUT2D eigenvalue weighted by Crippen LogP contribution is -2.07. The zero-order valence-corrected chi connectivity index (χ0v) is 11.2. The van der Waals surface area contributed by atoms with Crippen molar-refractivity contribution in [3.63, 3.8) is 0 Å². The van der Waals surface area contributed by atoms with Crippen molar-refractivity contribution in [3.8, 4) is 0 Å². The first kappa shape index (κ1) is 12.5. The first-order chi connectivity index (χ1) is 7.97. The molecule has 0 saturated carbocycles. The van der Waals surface area contributed by atoms with Gasteiger partial charge in [-0.1, -0.05) is 37.0 Å². The van der Waals surface area contributed by atoms with Crippen LogP contribution in [0.5, 0.6) is 0 Å². The van der Waals surface area contributed by atoms with Crippen LogP contribution in [0.3, 0.4) is 0 Å². The smallest absolute Gasteiger partial charge is 0.189 e. The van der Waals surface area contributed by atoms with Gasteiger partial charge in [0.25, 0.3) is 0 Å². The van der Waals surface area contributed by atoms with E-state index in [0.717, 1.165) is 12.1 Å². The van der Waals surface area contributed by atoms with Gasteiger partial charge in [-0.3, -0.25) is 4.79 Å². The molecule has 0 aliphatic heterocycles. The summed E-state index contributed by atoms with van der Waals surface area (Å²) in [5, 5.41) is 1.50. The Bertz CT molecular complexity index is 617. The molecule has 0 atom stereocenters. The quantitative estimate of drug-likeness (QED) is 0.877. The molecule has 0 radical (unpaired) electrons. The molecule has 1 aromatic heterocycles. The van der Waals surface area contributed by atoms with Gasteiger partial charge >= 0.3 is 0 Å². The van der Waals surface area contributed by atoms with Gasteiger partial charge in [-0.15, -0.1) is 0 Å². The van der Waals surface area contributed by atoms with Crippen LogP contribution >= 0.6 is 23.2 Å². The molecule has 0 fully saturated rings. The number of pyridine rings is 1. The highest BCUT2D eigenvalue weighted by atomic mass is 35.5. The topological polar surface area (TPSA) is 32.9 Å². The van der Waals surface area contributed by atoms with Crippen molar-refractivity contribution in [3.05, 3.63) is 44.2 Å². The molecule has 0 aliphatic rings. The summed E-state index contributed by atoms with van der Waals surface area (Å²) < 4.78 is 0. The number of hydrogen-bond acceptors (Lipinski definition) is 1.